The first-order valence-electron chi connectivity index (χ1n) is 15.2. The minimum atomic E-state index is 0.611. The van der Waals surface area contributed by atoms with Gasteiger partial charge in [0.15, 0.2) is 5.58 Å². The van der Waals surface area contributed by atoms with E-state index in [0.29, 0.717) is 5.89 Å². The van der Waals surface area contributed by atoms with E-state index < -0.39 is 0 Å². The Morgan fingerprint density at radius 3 is 1.98 bits per heavy atom. The maximum absolute atomic E-state index is 6.31. The molecule has 0 N–H and O–H groups in total. The molecule has 212 valence electrons. The zero-order valence-electron chi connectivity index (χ0n) is 24.3. The van der Waals surface area contributed by atoms with Crippen LogP contribution < -0.4 is 4.90 Å². The molecule has 9 aromatic rings. The van der Waals surface area contributed by atoms with Crippen LogP contribution in [0.1, 0.15) is 0 Å². The third kappa shape index (κ3) is 4.04. The van der Waals surface area contributed by atoms with Crippen molar-refractivity contribution in [3.63, 3.8) is 0 Å². The largest absolute Gasteiger partial charge is 0.436 e. The lowest BCUT2D eigenvalue weighted by Gasteiger charge is -2.27. The van der Waals surface area contributed by atoms with Gasteiger partial charge in [0.1, 0.15) is 5.52 Å². The van der Waals surface area contributed by atoms with Crippen LogP contribution in [0.5, 0.6) is 0 Å². The SMILES string of the molecule is c1ccc(-c2nc3c(N(c4ccccc4)c4cccc5c4ccc4c5c5ccccc5n4-c4ccccc4)cccc3o2)cc1. The van der Waals surface area contributed by atoms with Gasteiger partial charge in [-0.25, -0.2) is 4.98 Å². The second kappa shape index (κ2) is 10.2. The van der Waals surface area contributed by atoms with Crippen molar-refractivity contribution in [2.45, 2.75) is 0 Å². The quantitative estimate of drug-likeness (QED) is 0.204. The number of hydrogen-bond acceptors (Lipinski definition) is 3. The molecule has 9 rings (SSSR count). The molecule has 4 nitrogen and oxygen atoms in total. The number of oxazole rings is 1. The van der Waals surface area contributed by atoms with E-state index in [9.17, 15) is 0 Å². The van der Waals surface area contributed by atoms with Crippen molar-refractivity contribution in [1.29, 1.82) is 0 Å². The summed E-state index contributed by atoms with van der Waals surface area (Å²) in [7, 11) is 0. The number of benzene rings is 7. The van der Waals surface area contributed by atoms with Gasteiger partial charge in [-0.15, -0.1) is 0 Å². The third-order valence-electron chi connectivity index (χ3n) is 8.60. The zero-order chi connectivity index (χ0) is 29.7. The monoisotopic (exact) mass is 577 g/mol. The van der Waals surface area contributed by atoms with E-state index >= 15 is 0 Å². The molecule has 0 saturated heterocycles. The van der Waals surface area contributed by atoms with E-state index in [1.807, 2.05) is 42.5 Å². The first kappa shape index (κ1) is 25.4. The Balaban J connectivity index is 1.33. The standard InChI is InChI=1S/C41H27N3O/c1-4-14-28(15-5-1)41-42-40-37(24-13-25-38(40)45-41)44(30-18-8-3-9-19-30)34-23-12-21-32-31(34)26-27-36-39(32)33-20-10-11-22-35(33)43(36)29-16-6-2-7-17-29/h1-27H. The summed E-state index contributed by atoms with van der Waals surface area (Å²) >= 11 is 0. The van der Waals surface area contributed by atoms with Crippen LogP contribution in [0.2, 0.25) is 0 Å². The molecular formula is C41H27N3O. The number of nitrogens with zero attached hydrogens (tertiary/aromatic N) is 3. The predicted molar refractivity (Wildman–Crippen MR) is 186 cm³/mol. The number of hydrogen-bond donors (Lipinski definition) is 0. The summed E-state index contributed by atoms with van der Waals surface area (Å²) < 4.78 is 8.68. The van der Waals surface area contributed by atoms with Gasteiger partial charge in [0.2, 0.25) is 5.89 Å². The van der Waals surface area contributed by atoms with E-state index in [2.05, 4.69) is 131 Å². The minimum absolute atomic E-state index is 0.611. The minimum Gasteiger partial charge on any atom is -0.436 e. The molecular weight excluding hydrogens is 550 g/mol. The molecule has 0 fully saturated rings. The predicted octanol–water partition coefficient (Wildman–Crippen LogP) is 11.2. The van der Waals surface area contributed by atoms with Gasteiger partial charge in [0.25, 0.3) is 0 Å². The first-order chi connectivity index (χ1) is 22.3. The smallest absolute Gasteiger partial charge is 0.227 e. The second-order valence-electron chi connectivity index (χ2n) is 11.2. The molecule has 4 heteroatoms. The summed E-state index contributed by atoms with van der Waals surface area (Å²) in [6.07, 6.45) is 0. The average molecular weight is 578 g/mol. The normalized spacial score (nSPS) is 11.6. The second-order valence-corrected chi connectivity index (χ2v) is 11.2. The highest BCUT2D eigenvalue weighted by molar-refractivity contribution is 6.23. The van der Waals surface area contributed by atoms with Crippen LogP contribution in [0.25, 0.3) is 60.8 Å². The molecule has 0 aliphatic carbocycles. The number of fused-ring (bicyclic) bond motifs is 6. The Bertz CT molecular complexity index is 2480. The molecule has 0 saturated carbocycles. The average Bonchev–Trinajstić information content (AvgIpc) is 3.70. The van der Waals surface area contributed by atoms with Gasteiger partial charge in [-0.05, 0) is 72.1 Å². The van der Waals surface area contributed by atoms with Crippen LogP contribution in [0.15, 0.2) is 168 Å². The van der Waals surface area contributed by atoms with E-state index in [1.54, 1.807) is 0 Å². The van der Waals surface area contributed by atoms with Crippen molar-refractivity contribution in [3.8, 4) is 17.1 Å². The molecule has 0 aliphatic heterocycles. The molecule has 0 amide bonds. The van der Waals surface area contributed by atoms with E-state index in [-0.39, 0.29) is 0 Å². The van der Waals surface area contributed by atoms with Crippen molar-refractivity contribution in [3.05, 3.63) is 164 Å². The topological polar surface area (TPSA) is 34.2 Å². The maximum Gasteiger partial charge on any atom is 0.227 e. The Labute approximate surface area is 260 Å². The fraction of sp³-hybridized carbons (Fsp3) is 0. The van der Waals surface area contributed by atoms with E-state index in [4.69, 9.17) is 9.40 Å². The lowest BCUT2D eigenvalue weighted by molar-refractivity contribution is 0.620. The van der Waals surface area contributed by atoms with Gasteiger partial charge < -0.3 is 13.9 Å². The lowest BCUT2D eigenvalue weighted by Crippen LogP contribution is -2.11. The van der Waals surface area contributed by atoms with Crippen molar-refractivity contribution in [2.24, 2.45) is 0 Å². The van der Waals surface area contributed by atoms with Crippen LogP contribution in [0.3, 0.4) is 0 Å². The van der Waals surface area contributed by atoms with Gasteiger partial charge >= 0.3 is 0 Å². The van der Waals surface area contributed by atoms with Crippen LogP contribution in [0.4, 0.5) is 17.1 Å². The molecule has 0 radical (unpaired) electrons. The fourth-order valence-corrected chi connectivity index (χ4v) is 6.66. The molecule has 45 heavy (non-hydrogen) atoms. The molecule has 0 aliphatic rings. The van der Waals surface area contributed by atoms with Gasteiger partial charge in [0.05, 0.1) is 22.4 Å². The Morgan fingerprint density at radius 1 is 0.489 bits per heavy atom. The van der Waals surface area contributed by atoms with Crippen molar-refractivity contribution >= 4 is 60.7 Å². The summed E-state index contributed by atoms with van der Waals surface area (Å²) in [5.74, 6) is 0.611. The summed E-state index contributed by atoms with van der Waals surface area (Å²) in [6, 6.07) is 57.2. The van der Waals surface area contributed by atoms with E-state index in [0.717, 1.165) is 44.8 Å². The summed E-state index contributed by atoms with van der Waals surface area (Å²) in [4.78, 5) is 7.36. The van der Waals surface area contributed by atoms with Crippen LogP contribution in [0, 0.1) is 0 Å². The number of para-hydroxylation sites is 4. The maximum atomic E-state index is 6.31. The molecule has 0 unspecified atom stereocenters. The molecule has 0 bridgehead atoms. The van der Waals surface area contributed by atoms with Crippen LogP contribution in [-0.4, -0.2) is 9.55 Å². The van der Waals surface area contributed by atoms with E-state index in [1.165, 1.54) is 27.2 Å². The summed E-state index contributed by atoms with van der Waals surface area (Å²) in [6.45, 7) is 0. The molecule has 0 spiro atoms. The number of anilines is 3. The fourth-order valence-electron chi connectivity index (χ4n) is 6.66. The highest BCUT2D eigenvalue weighted by Gasteiger charge is 2.22. The third-order valence-corrected chi connectivity index (χ3v) is 8.60. The zero-order valence-corrected chi connectivity index (χ0v) is 24.3. The van der Waals surface area contributed by atoms with Crippen LogP contribution >= 0.6 is 0 Å². The first-order valence-corrected chi connectivity index (χ1v) is 15.2. The molecule has 2 heterocycles. The Kier molecular flexibility index (Phi) is 5.78. The highest BCUT2D eigenvalue weighted by Crippen LogP contribution is 2.45. The van der Waals surface area contributed by atoms with Gasteiger partial charge in [-0.1, -0.05) is 97.1 Å². The molecule has 7 aromatic carbocycles. The molecule has 0 atom stereocenters. The van der Waals surface area contributed by atoms with Gasteiger partial charge in [-0.2, -0.15) is 0 Å². The highest BCUT2D eigenvalue weighted by atomic mass is 16.3. The molecule has 2 aromatic heterocycles. The van der Waals surface area contributed by atoms with Crippen molar-refractivity contribution in [1.82, 2.24) is 9.55 Å². The summed E-state index contributed by atoms with van der Waals surface area (Å²) in [5, 5.41) is 4.84. The summed E-state index contributed by atoms with van der Waals surface area (Å²) in [5.41, 5.74) is 9.14. The van der Waals surface area contributed by atoms with Crippen molar-refractivity contribution < 1.29 is 4.42 Å². The lowest BCUT2D eigenvalue weighted by atomic mass is 10.0. The number of aromatic nitrogens is 2. The van der Waals surface area contributed by atoms with Crippen LogP contribution in [-0.2, 0) is 0 Å². The number of rotatable bonds is 5. The Hall–Kier alpha value is -6.13. The van der Waals surface area contributed by atoms with Gasteiger partial charge in [0, 0.05) is 33.1 Å². The van der Waals surface area contributed by atoms with Crippen molar-refractivity contribution in [2.75, 3.05) is 4.90 Å². The van der Waals surface area contributed by atoms with Gasteiger partial charge in [-0.3, -0.25) is 0 Å². The Morgan fingerprint density at radius 2 is 1.16 bits per heavy atom.